The average Bonchev–Trinajstić information content (AvgIpc) is 2.72. The van der Waals surface area contributed by atoms with E-state index in [1.165, 1.54) is 38.5 Å². The molecule has 180 valence electrons. The SMILES string of the molecule is CCCCCCCC/C=C/CCCCC[N+](CCC(=O)O)(CCC(=O)O)CCC(=O)O. The van der Waals surface area contributed by atoms with Gasteiger partial charge in [0.1, 0.15) is 0 Å². The summed E-state index contributed by atoms with van der Waals surface area (Å²) in [6, 6.07) is 0. The molecule has 7 heteroatoms. The number of rotatable bonds is 22. The Balaban J connectivity index is 4.34. The zero-order valence-corrected chi connectivity index (χ0v) is 19.4. The topological polar surface area (TPSA) is 112 Å². The second-order valence-electron chi connectivity index (χ2n) is 8.54. The van der Waals surface area contributed by atoms with Gasteiger partial charge in [-0.05, 0) is 38.5 Å². The van der Waals surface area contributed by atoms with Gasteiger partial charge in [-0.3, -0.25) is 14.4 Å². The molecule has 0 unspecified atom stereocenters. The number of hydrogen-bond acceptors (Lipinski definition) is 3. The molecule has 3 N–H and O–H groups in total. The van der Waals surface area contributed by atoms with Crippen molar-refractivity contribution < 1.29 is 34.2 Å². The number of aliphatic carboxylic acids is 3. The maximum atomic E-state index is 11.1. The highest BCUT2D eigenvalue weighted by atomic mass is 16.4. The Kier molecular flexibility index (Phi) is 17.7. The molecular weight excluding hydrogens is 398 g/mol. The summed E-state index contributed by atoms with van der Waals surface area (Å²) < 4.78 is 0.249. The van der Waals surface area contributed by atoms with Crippen molar-refractivity contribution >= 4 is 17.9 Å². The standard InChI is InChI=1S/C24H43NO6/c1-2-3-4-5-6-7-8-9-10-11-12-13-14-18-25(19-15-22(26)27,20-16-23(28)29)21-17-24(30)31/h9-10H,2-8,11-21H2,1H3,(H2-,26,27,28,29,30,31)/p+1/b10-9+. The smallest absolute Gasteiger partial charge is 0.309 e. The molecule has 0 aliphatic rings. The van der Waals surface area contributed by atoms with Gasteiger partial charge in [-0.15, -0.1) is 0 Å². The van der Waals surface area contributed by atoms with E-state index in [-0.39, 0.29) is 43.4 Å². The number of hydrogen-bond donors (Lipinski definition) is 3. The molecule has 7 nitrogen and oxygen atoms in total. The number of quaternary nitrogens is 1. The van der Waals surface area contributed by atoms with Crippen molar-refractivity contribution in [2.45, 2.75) is 96.8 Å². The van der Waals surface area contributed by atoms with Crippen LogP contribution in [0.3, 0.4) is 0 Å². The lowest BCUT2D eigenvalue weighted by molar-refractivity contribution is -0.927. The lowest BCUT2D eigenvalue weighted by Crippen LogP contribution is -2.52. The first-order chi connectivity index (χ1) is 14.8. The summed E-state index contributed by atoms with van der Waals surface area (Å²) in [4.78, 5) is 33.2. The van der Waals surface area contributed by atoms with Crippen molar-refractivity contribution in [1.82, 2.24) is 0 Å². The lowest BCUT2D eigenvalue weighted by atomic mass is 10.1. The molecule has 0 radical (unpaired) electrons. The highest BCUT2D eigenvalue weighted by molar-refractivity contribution is 5.67. The van der Waals surface area contributed by atoms with Gasteiger partial charge in [-0.1, -0.05) is 51.2 Å². The minimum Gasteiger partial charge on any atom is -0.481 e. The molecule has 0 rings (SSSR count). The minimum atomic E-state index is -0.941. The Morgan fingerprint density at radius 1 is 0.581 bits per heavy atom. The zero-order chi connectivity index (χ0) is 23.4. The van der Waals surface area contributed by atoms with Gasteiger partial charge in [0.2, 0.25) is 0 Å². The molecular formula is C24H44NO6+. The molecule has 0 heterocycles. The summed E-state index contributed by atoms with van der Waals surface area (Å²) in [5.41, 5.74) is 0. The summed E-state index contributed by atoms with van der Waals surface area (Å²) in [7, 11) is 0. The van der Waals surface area contributed by atoms with Crippen molar-refractivity contribution in [3.63, 3.8) is 0 Å². The molecule has 0 bridgehead atoms. The van der Waals surface area contributed by atoms with E-state index in [2.05, 4.69) is 19.1 Å². The predicted molar refractivity (Wildman–Crippen MR) is 122 cm³/mol. The number of nitrogens with zero attached hydrogens (tertiary/aromatic N) is 1. The quantitative estimate of drug-likeness (QED) is 0.122. The van der Waals surface area contributed by atoms with E-state index < -0.39 is 17.9 Å². The molecule has 0 aromatic carbocycles. The fourth-order valence-electron chi connectivity index (χ4n) is 3.83. The van der Waals surface area contributed by atoms with Crippen molar-refractivity contribution in [3.05, 3.63) is 12.2 Å². The Morgan fingerprint density at radius 2 is 0.968 bits per heavy atom. The summed E-state index contributed by atoms with van der Waals surface area (Å²) in [5, 5.41) is 27.2. The normalized spacial score (nSPS) is 11.8. The maximum Gasteiger partial charge on any atom is 0.309 e. The largest absolute Gasteiger partial charge is 0.481 e. The van der Waals surface area contributed by atoms with Gasteiger partial charge < -0.3 is 19.8 Å². The van der Waals surface area contributed by atoms with Crippen LogP contribution in [-0.4, -0.2) is 63.9 Å². The van der Waals surface area contributed by atoms with Crippen molar-refractivity contribution in [3.8, 4) is 0 Å². The highest BCUT2D eigenvalue weighted by Crippen LogP contribution is 2.16. The van der Waals surface area contributed by atoms with E-state index >= 15 is 0 Å². The van der Waals surface area contributed by atoms with Gasteiger partial charge in [0, 0.05) is 0 Å². The first-order valence-electron chi connectivity index (χ1n) is 12.0. The van der Waals surface area contributed by atoms with Crippen LogP contribution in [0.1, 0.15) is 96.8 Å². The molecule has 0 aromatic heterocycles. The van der Waals surface area contributed by atoms with Gasteiger partial charge in [0.15, 0.2) is 0 Å². The van der Waals surface area contributed by atoms with Gasteiger partial charge in [-0.25, -0.2) is 0 Å². The lowest BCUT2D eigenvalue weighted by Gasteiger charge is -2.38. The van der Waals surface area contributed by atoms with Gasteiger partial charge >= 0.3 is 17.9 Å². The molecule has 0 aliphatic heterocycles. The van der Waals surface area contributed by atoms with Crippen LogP contribution >= 0.6 is 0 Å². The van der Waals surface area contributed by atoms with Crippen LogP contribution in [0.5, 0.6) is 0 Å². The van der Waals surface area contributed by atoms with E-state index in [0.29, 0.717) is 6.54 Å². The van der Waals surface area contributed by atoms with Crippen LogP contribution < -0.4 is 0 Å². The van der Waals surface area contributed by atoms with Crippen LogP contribution in [-0.2, 0) is 14.4 Å². The van der Waals surface area contributed by atoms with Gasteiger partial charge in [0.25, 0.3) is 0 Å². The van der Waals surface area contributed by atoms with Crippen LogP contribution in [0.2, 0.25) is 0 Å². The van der Waals surface area contributed by atoms with Gasteiger partial charge in [-0.2, -0.15) is 0 Å². The molecule has 0 amide bonds. The molecule has 0 atom stereocenters. The molecule has 0 spiro atoms. The Bertz CT molecular complexity index is 487. The van der Waals surface area contributed by atoms with Crippen LogP contribution in [0, 0.1) is 0 Å². The molecule has 0 saturated carbocycles. The Morgan fingerprint density at radius 3 is 1.39 bits per heavy atom. The van der Waals surface area contributed by atoms with Crippen molar-refractivity contribution in [1.29, 1.82) is 0 Å². The monoisotopic (exact) mass is 442 g/mol. The summed E-state index contributed by atoms with van der Waals surface area (Å²) in [6.45, 7) is 3.66. The average molecular weight is 443 g/mol. The molecule has 0 aliphatic carbocycles. The fourth-order valence-corrected chi connectivity index (χ4v) is 3.83. The van der Waals surface area contributed by atoms with Crippen LogP contribution in [0.4, 0.5) is 0 Å². The zero-order valence-electron chi connectivity index (χ0n) is 19.4. The highest BCUT2D eigenvalue weighted by Gasteiger charge is 2.29. The minimum absolute atomic E-state index is 0.0829. The first-order valence-corrected chi connectivity index (χ1v) is 12.0. The fraction of sp³-hybridized carbons (Fsp3) is 0.792. The number of carboxylic acid groups (broad SMARTS) is 3. The second-order valence-corrected chi connectivity index (χ2v) is 8.54. The van der Waals surface area contributed by atoms with E-state index in [1.807, 2.05) is 0 Å². The molecule has 31 heavy (non-hydrogen) atoms. The molecule has 0 fully saturated rings. The summed E-state index contributed by atoms with van der Waals surface area (Å²) in [6.07, 6.45) is 17.0. The van der Waals surface area contributed by atoms with Gasteiger partial charge in [0.05, 0.1) is 45.4 Å². The number of carboxylic acids is 3. The van der Waals surface area contributed by atoms with E-state index in [9.17, 15) is 14.4 Å². The number of allylic oxidation sites excluding steroid dienone is 2. The predicted octanol–water partition coefficient (Wildman–Crippen LogP) is 5.09. The van der Waals surface area contributed by atoms with Crippen LogP contribution in [0.15, 0.2) is 12.2 Å². The van der Waals surface area contributed by atoms with E-state index in [1.54, 1.807) is 0 Å². The van der Waals surface area contributed by atoms with E-state index in [0.717, 1.165) is 32.1 Å². The molecule has 0 saturated heterocycles. The third-order valence-electron chi connectivity index (χ3n) is 5.79. The summed E-state index contributed by atoms with van der Waals surface area (Å²) in [5.74, 6) is -2.82. The first kappa shape index (κ1) is 29.1. The van der Waals surface area contributed by atoms with E-state index in [4.69, 9.17) is 15.3 Å². The third kappa shape index (κ3) is 18.6. The third-order valence-corrected chi connectivity index (χ3v) is 5.79. The second kappa shape index (κ2) is 18.8. The van der Waals surface area contributed by atoms with Crippen molar-refractivity contribution in [2.24, 2.45) is 0 Å². The summed E-state index contributed by atoms with van der Waals surface area (Å²) >= 11 is 0. The Hall–Kier alpha value is -1.89. The van der Waals surface area contributed by atoms with Crippen LogP contribution in [0.25, 0.3) is 0 Å². The molecule has 0 aromatic rings. The maximum absolute atomic E-state index is 11.1. The number of unbranched alkanes of at least 4 members (excludes halogenated alkanes) is 9. The number of carbonyl (C=O) groups is 3. The Labute approximate surface area is 187 Å². The van der Waals surface area contributed by atoms with Crippen molar-refractivity contribution in [2.75, 3.05) is 26.2 Å².